The number of amides is 2. The quantitative estimate of drug-likeness (QED) is 0.524. The third-order valence-corrected chi connectivity index (χ3v) is 8.62. The molecule has 0 aromatic carbocycles. The SMILES string of the molecule is COCCN(CCOC)C(=O)[C@@H](C)[C@@H]1CC[C@@]2(C)CC[C@H](NC(=O)c3ccncc3)[C@@H](C)[C@@H]2[C@H]1O. The Morgan fingerprint density at radius 2 is 1.77 bits per heavy atom. The van der Waals surface area contributed by atoms with E-state index < -0.39 is 6.10 Å². The summed E-state index contributed by atoms with van der Waals surface area (Å²) in [5, 5.41) is 14.9. The van der Waals surface area contributed by atoms with Crippen LogP contribution in [-0.4, -0.2) is 79.5 Å². The first-order valence-corrected chi connectivity index (χ1v) is 12.9. The molecule has 0 saturated heterocycles. The first kappa shape index (κ1) is 27.6. The molecule has 35 heavy (non-hydrogen) atoms. The molecule has 7 atom stereocenters. The van der Waals surface area contributed by atoms with Gasteiger partial charge in [0.05, 0.1) is 19.3 Å². The van der Waals surface area contributed by atoms with Gasteiger partial charge in [0, 0.05) is 57.2 Å². The zero-order valence-electron chi connectivity index (χ0n) is 21.9. The summed E-state index contributed by atoms with van der Waals surface area (Å²) < 4.78 is 10.4. The number of aliphatic hydroxyl groups is 1. The van der Waals surface area contributed by atoms with Gasteiger partial charge in [0.25, 0.3) is 5.91 Å². The third kappa shape index (κ3) is 6.22. The van der Waals surface area contributed by atoms with Crippen molar-refractivity contribution in [2.24, 2.45) is 29.1 Å². The smallest absolute Gasteiger partial charge is 0.251 e. The topological polar surface area (TPSA) is 101 Å². The number of pyridine rings is 1. The highest BCUT2D eigenvalue weighted by molar-refractivity contribution is 5.94. The molecule has 3 rings (SSSR count). The Balaban J connectivity index is 1.72. The van der Waals surface area contributed by atoms with Crippen LogP contribution in [0.3, 0.4) is 0 Å². The average molecular weight is 490 g/mol. The van der Waals surface area contributed by atoms with Crippen LogP contribution < -0.4 is 5.32 Å². The summed E-state index contributed by atoms with van der Waals surface area (Å²) >= 11 is 0. The Hall–Kier alpha value is -2.03. The molecule has 8 nitrogen and oxygen atoms in total. The molecule has 1 aromatic rings. The number of hydrogen-bond donors (Lipinski definition) is 2. The first-order chi connectivity index (χ1) is 16.7. The first-order valence-electron chi connectivity index (χ1n) is 12.9. The minimum Gasteiger partial charge on any atom is -0.392 e. The van der Waals surface area contributed by atoms with E-state index in [9.17, 15) is 14.7 Å². The van der Waals surface area contributed by atoms with Crippen molar-refractivity contribution >= 4 is 11.8 Å². The molecule has 0 radical (unpaired) electrons. The van der Waals surface area contributed by atoms with E-state index in [1.807, 2.05) is 6.92 Å². The number of carbonyl (C=O) groups excluding carboxylic acids is 2. The third-order valence-electron chi connectivity index (χ3n) is 8.62. The predicted octanol–water partition coefficient (Wildman–Crippen LogP) is 2.76. The van der Waals surface area contributed by atoms with Crippen LogP contribution in [0.2, 0.25) is 0 Å². The lowest BCUT2D eigenvalue weighted by Gasteiger charge is -2.56. The minimum atomic E-state index is -0.602. The molecule has 2 fully saturated rings. The van der Waals surface area contributed by atoms with Gasteiger partial charge in [-0.2, -0.15) is 0 Å². The Morgan fingerprint density at radius 1 is 1.17 bits per heavy atom. The highest BCUT2D eigenvalue weighted by Crippen LogP contribution is 2.55. The summed E-state index contributed by atoms with van der Waals surface area (Å²) in [6.07, 6.45) is 6.27. The van der Waals surface area contributed by atoms with Crippen molar-refractivity contribution in [2.75, 3.05) is 40.5 Å². The van der Waals surface area contributed by atoms with E-state index in [0.29, 0.717) is 31.9 Å². The highest BCUT2D eigenvalue weighted by atomic mass is 16.5. The predicted molar refractivity (Wildman–Crippen MR) is 134 cm³/mol. The normalized spacial score (nSPS) is 31.3. The summed E-state index contributed by atoms with van der Waals surface area (Å²) in [6, 6.07) is 3.41. The second-order valence-electron chi connectivity index (χ2n) is 10.7. The van der Waals surface area contributed by atoms with Gasteiger partial charge >= 0.3 is 0 Å². The van der Waals surface area contributed by atoms with Crippen LogP contribution in [0.25, 0.3) is 0 Å². The number of hydrogen-bond acceptors (Lipinski definition) is 6. The summed E-state index contributed by atoms with van der Waals surface area (Å²) in [5.74, 6) is -0.382. The van der Waals surface area contributed by atoms with Gasteiger partial charge in [0.15, 0.2) is 0 Å². The summed E-state index contributed by atoms with van der Waals surface area (Å²) in [4.78, 5) is 32.0. The molecule has 2 N–H and O–H groups in total. The molecule has 0 bridgehead atoms. The number of nitrogens with one attached hydrogen (secondary N) is 1. The second kappa shape index (κ2) is 12.3. The van der Waals surface area contributed by atoms with E-state index in [4.69, 9.17) is 9.47 Å². The van der Waals surface area contributed by atoms with Crippen LogP contribution >= 0.6 is 0 Å². The maximum Gasteiger partial charge on any atom is 0.251 e. The zero-order valence-corrected chi connectivity index (χ0v) is 21.9. The maximum absolute atomic E-state index is 13.4. The van der Waals surface area contributed by atoms with Gasteiger partial charge in [-0.15, -0.1) is 0 Å². The summed E-state index contributed by atoms with van der Waals surface area (Å²) in [5.41, 5.74) is 0.593. The van der Waals surface area contributed by atoms with Crippen molar-refractivity contribution in [2.45, 2.75) is 58.6 Å². The molecule has 0 unspecified atom stereocenters. The Labute approximate surface area is 209 Å². The average Bonchev–Trinajstić information content (AvgIpc) is 2.85. The van der Waals surface area contributed by atoms with Gasteiger partial charge in [-0.05, 0) is 61.0 Å². The Kier molecular flexibility index (Phi) is 9.67. The zero-order chi connectivity index (χ0) is 25.6. The van der Waals surface area contributed by atoms with Crippen LogP contribution in [0.4, 0.5) is 0 Å². The monoisotopic (exact) mass is 489 g/mol. The minimum absolute atomic E-state index is 0.00177. The number of rotatable bonds is 10. The lowest BCUT2D eigenvalue weighted by atomic mass is 9.51. The number of fused-ring (bicyclic) bond motifs is 1. The highest BCUT2D eigenvalue weighted by Gasteiger charge is 2.54. The van der Waals surface area contributed by atoms with Crippen molar-refractivity contribution in [1.29, 1.82) is 0 Å². The molecule has 1 aromatic heterocycles. The molecule has 1 heterocycles. The van der Waals surface area contributed by atoms with Crippen LogP contribution in [0.1, 0.15) is 56.8 Å². The number of nitrogens with zero attached hydrogens (tertiary/aromatic N) is 2. The molecule has 0 spiro atoms. The molecule has 8 heteroatoms. The number of aromatic nitrogens is 1. The van der Waals surface area contributed by atoms with Crippen LogP contribution in [-0.2, 0) is 14.3 Å². The van der Waals surface area contributed by atoms with E-state index in [2.05, 4.69) is 24.1 Å². The van der Waals surface area contributed by atoms with Gasteiger partial charge in [-0.1, -0.05) is 20.8 Å². The van der Waals surface area contributed by atoms with Crippen molar-refractivity contribution in [1.82, 2.24) is 15.2 Å². The lowest BCUT2D eigenvalue weighted by molar-refractivity contribution is -0.151. The van der Waals surface area contributed by atoms with Gasteiger partial charge < -0.3 is 24.8 Å². The fourth-order valence-electron chi connectivity index (χ4n) is 6.46. The van der Waals surface area contributed by atoms with Gasteiger partial charge in [-0.3, -0.25) is 14.6 Å². The fourth-order valence-corrected chi connectivity index (χ4v) is 6.46. The van der Waals surface area contributed by atoms with E-state index in [1.54, 1.807) is 43.6 Å². The molecule has 2 amide bonds. The van der Waals surface area contributed by atoms with Crippen molar-refractivity contribution in [3.8, 4) is 0 Å². The molecule has 0 aliphatic heterocycles. The number of methoxy groups -OCH3 is 2. The molecule has 2 aliphatic rings. The number of ether oxygens (including phenoxy) is 2. The molecule has 2 aliphatic carbocycles. The van der Waals surface area contributed by atoms with Crippen molar-refractivity contribution in [3.63, 3.8) is 0 Å². The number of carbonyl (C=O) groups is 2. The fraction of sp³-hybridized carbons (Fsp3) is 0.741. The molecule has 2 saturated carbocycles. The van der Waals surface area contributed by atoms with Crippen LogP contribution in [0.5, 0.6) is 0 Å². The van der Waals surface area contributed by atoms with Gasteiger partial charge in [0.2, 0.25) is 5.91 Å². The molecular weight excluding hydrogens is 446 g/mol. The lowest BCUT2D eigenvalue weighted by Crippen LogP contribution is -2.58. The van der Waals surface area contributed by atoms with Crippen molar-refractivity contribution < 1.29 is 24.2 Å². The maximum atomic E-state index is 13.4. The largest absolute Gasteiger partial charge is 0.392 e. The van der Waals surface area contributed by atoms with E-state index in [1.165, 1.54) is 0 Å². The van der Waals surface area contributed by atoms with E-state index in [-0.39, 0.29) is 46.9 Å². The van der Waals surface area contributed by atoms with Gasteiger partial charge in [-0.25, -0.2) is 0 Å². The number of aliphatic hydroxyl groups excluding tert-OH is 1. The standard InChI is InChI=1S/C27H43N3O5/c1-18(26(33)30(14-16-34-4)15-17-35-5)21-6-10-27(3)11-7-22(19(2)23(27)24(21)31)29-25(32)20-8-12-28-13-9-20/h8-9,12-13,18-19,21-24,31H,6-7,10-11,14-17H2,1-5H3,(H,29,32)/t18-,19+,21-,22-,23+,24-,27-/m0/s1. The Bertz CT molecular complexity index is 829. The van der Waals surface area contributed by atoms with E-state index in [0.717, 1.165) is 25.7 Å². The van der Waals surface area contributed by atoms with Crippen molar-refractivity contribution in [3.05, 3.63) is 30.1 Å². The van der Waals surface area contributed by atoms with Gasteiger partial charge in [0.1, 0.15) is 0 Å². The van der Waals surface area contributed by atoms with E-state index >= 15 is 0 Å². The second-order valence-corrected chi connectivity index (χ2v) is 10.7. The van der Waals surface area contributed by atoms with Crippen LogP contribution in [0.15, 0.2) is 24.5 Å². The molecular formula is C27H43N3O5. The van der Waals surface area contributed by atoms with Crippen LogP contribution in [0, 0.1) is 29.1 Å². The Morgan fingerprint density at radius 3 is 2.37 bits per heavy atom. The summed E-state index contributed by atoms with van der Waals surface area (Å²) in [6.45, 7) is 8.30. The molecule has 196 valence electrons. The summed E-state index contributed by atoms with van der Waals surface area (Å²) in [7, 11) is 3.25.